The highest BCUT2D eigenvalue weighted by molar-refractivity contribution is 6.03. The van der Waals surface area contributed by atoms with Crippen LogP contribution in [-0.4, -0.2) is 73.2 Å². The summed E-state index contributed by atoms with van der Waals surface area (Å²) in [6.45, 7) is 0. The van der Waals surface area contributed by atoms with Crippen LogP contribution >= 0.6 is 0 Å². The average molecular weight is 660 g/mol. The van der Waals surface area contributed by atoms with E-state index in [1.807, 2.05) is 18.2 Å². The normalized spacial score (nSPS) is 26.1. The Kier molecular flexibility index (Phi) is 9.45. The Hall–Kier alpha value is -4.85. The maximum Gasteiger partial charge on any atom is 0.335 e. The number of hydrogen-bond donors (Lipinski definition) is 6. The lowest BCUT2D eigenvalue weighted by molar-refractivity contribution is -0.271. The number of carbonyl (C=O) groups excluding carboxylic acids is 1. The van der Waals surface area contributed by atoms with Crippen molar-refractivity contribution in [2.24, 2.45) is 5.92 Å². The lowest BCUT2D eigenvalue weighted by Crippen LogP contribution is -2.61. The molecular weight excluding hydrogens is 625 g/mol. The SMILES string of the molecule is O=C(O)C1O[C@@H](Oc2cccc(-c3ccc([C@@H]4[C@@H](CC[C@H](O)c5ccc(F)cc5)C(=O)N4c4ccccc4)c(O)c3)c2)C(O)C(O)[C@@H]1O. The number of ether oxygens (including phenoxy) is 2. The Morgan fingerprint density at radius 2 is 1.58 bits per heavy atom. The van der Waals surface area contributed by atoms with Crippen LogP contribution in [0.5, 0.6) is 11.5 Å². The van der Waals surface area contributed by atoms with Crippen LogP contribution in [0.25, 0.3) is 11.1 Å². The predicted molar refractivity (Wildman–Crippen MR) is 169 cm³/mol. The van der Waals surface area contributed by atoms with Gasteiger partial charge >= 0.3 is 5.97 Å². The number of aliphatic hydroxyl groups excluding tert-OH is 4. The van der Waals surface area contributed by atoms with E-state index in [0.29, 0.717) is 34.4 Å². The van der Waals surface area contributed by atoms with Crippen LogP contribution in [-0.2, 0) is 14.3 Å². The number of hydrogen-bond acceptors (Lipinski definition) is 9. The topological polar surface area (TPSA) is 177 Å². The van der Waals surface area contributed by atoms with Crippen LogP contribution in [0.15, 0.2) is 97.1 Å². The number of benzene rings is 4. The van der Waals surface area contributed by atoms with Crippen molar-refractivity contribution >= 4 is 17.6 Å². The van der Waals surface area contributed by atoms with E-state index in [4.69, 9.17) is 9.47 Å². The monoisotopic (exact) mass is 659 g/mol. The molecule has 0 saturated carbocycles. The minimum Gasteiger partial charge on any atom is -0.508 e. The molecule has 0 radical (unpaired) electrons. The molecule has 250 valence electrons. The maximum absolute atomic E-state index is 13.5. The maximum atomic E-state index is 13.5. The Labute approximate surface area is 274 Å². The molecule has 4 aromatic carbocycles. The van der Waals surface area contributed by atoms with Gasteiger partial charge in [-0.15, -0.1) is 0 Å². The summed E-state index contributed by atoms with van der Waals surface area (Å²) in [5.74, 6) is -2.55. The van der Waals surface area contributed by atoms with E-state index in [9.17, 15) is 44.6 Å². The molecule has 11 nitrogen and oxygen atoms in total. The Morgan fingerprint density at radius 1 is 0.875 bits per heavy atom. The number of β-lactam (4-membered cyclic amide) rings is 1. The van der Waals surface area contributed by atoms with Crippen LogP contribution in [0, 0.1) is 11.7 Å². The zero-order valence-corrected chi connectivity index (χ0v) is 25.4. The molecule has 0 bridgehead atoms. The number of amides is 1. The minimum absolute atomic E-state index is 0.0752. The van der Waals surface area contributed by atoms with Crippen molar-refractivity contribution in [3.8, 4) is 22.6 Å². The van der Waals surface area contributed by atoms with Crippen molar-refractivity contribution in [1.82, 2.24) is 0 Å². The Balaban J connectivity index is 1.23. The summed E-state index contributed by atoms with van der Waals surface area (Å²) in [5, 5.41) is 61.8. The first kappa shape index (κ1) is 33.1. The van der Waals surface area contributed by atoms with Crippen LogP contribution < -0.4 is 9.64 Å². The largest absolute Gasteiger partial charge is 0.508 e. The quantitative estimate of drug-likeness (QED) is 0.138. The Morgan fingerprint density at radius 3 is 2.27 bits per heavy atom. The van der Waals surface area contributed by atoms with E-state index in [1.165, 1.54) is 36.4 Å². The lowest BCUT2D eigenvalue weighted by Gasteiger charge is -2.48. The zero-order valence-electron chi connectivity index (χ0n) is 25.4. The summed E-state index contributed by atoms with van der Waals surface area (Å²) in [6.07, 6.45) is -9.15. The summed E-state index contributed by atoms with van der Waals surface area (Å²) in [5.41, 5.74) is 2.86. The molecule has 4 aromatic rings. The van der Waals surface area contributed by atoms with Gasteiger partial charge in [-0.25, -0.2) is 9.18 Å². The van der Waals surface area contributed by atoms with Gasteiger partial charge in [0.15, 0.2) is 6.10 Å². The summed E-state index contributed by atoms with van der Waals surface area (Å²) in [6, 6.07) is 25.6. The molecule has 48 heavy (non-hydrogen) atoms. The number of aliphatic carboxylic acids is 1. The molecule has 1 amide bonds. The van der Waals surface area contributed by atoms with Gasteiger partial charge in [0, 0.05) is 11.3 Å². The zero-order chi connectivity index (χ0) is 34.1. The van der Waals surface area contributed by atoms with Gasteiger partial charge in [0.25, 0.3) is 0 Å². The standard InChI is InChI=1S/C36H34FNO10/c37-22-12-9-19(10-13-22)27(39)16-15-26-29(38(34(26)44)23-6-2-1-3-7-23)25-14-11-21(18-28(25)40)20-5-4-8-24(17-20)47-36-32(43)30(41)31(42)33(48-36)35(45)46/h1-14,17-18,26-27,29-33,36,39-43H,15-16H2,(H,45,46)/t26-,27+,29-,30?,31+,32?,33?,36-/m1/s1. The lowest BCUT2D eigenvalue weighted by atomic mass is 9.77. The molecule has 6 N–H and O–H groups in total. The van der Waals surface area contributed by atoms with Gasteiger partial charge in [-0.2, -0.15) is 0 Å². The summed E-state index contributed by atoms with van der Waals surface area (Å²) < 4.78 is 24.3. The summed E-state index contributed by atoms with van der Waals surface area (Å²) in [4.78, 5) is 26.5. The van der Waals surface area contributed by atoms with Gasteiger partial charge in [-0.3, -0.25) is 4.79 Å². The molecule has 12 heteroatoms. The van der Waals surface area contributed by atoms with Gasteiger partial charge in [0.05, 0.1) is 18.1 Å². The molecule has 2 aliphatic heterocycles. The van der Waals surface area contributed by atoms with Gasteiger partial charge in [-0.1, -0.05) is 54.6 Å². The number of para-hydroxylation sites is 1. The van der Waals surface area contributed by atoms with Crippen molar-refractivity contribution in [1.29, 1.82) is 0 Å². The molecule has 8 atom stereocenters. The molecule has 2 aliphatic rings. The highest BCUT2D eigenvalue weighted by Gasteiger charge is 2.50. The molecule has 0 spiro atoms. The molecular formula is C36H34FNO10. The average Bonchev–Trinajstić information content (AvgIpc) is 3.08. The fraction of sp³-hybridized carbons (Fsp3) is 0.278. The molecule has 2 heterocycles. The third-order valence-corrected chi connectivity index (χ3v) is 8.84. The third-order valence-electron chi connectivity index (χ3n) is 8.84. The van der Waals surface area contributed by atoms with Crippen LogP contribution in [0.4, 0.5) is 10.1 Å². The summed E-state index contributed by atoms with van der Waals surface area (Å²) >= 11 is 0. The number of carbonyl (C=O) groups is 2. The van der Waals surface area contributed by atoms with Gasteiger partial charge in [0.1, 0.15) is 35.6 Å². The number of nitrogens with zero attached hydrogens (tertiary/aromatic N) is 1. The highest BCUT2D eigenvalue weighted by Crippen LogP contribution is 2.49. The molecule has 2 fully saturated rings. The number of rotatable bonds is 10. The van der Waals surface area contributed by atoms with Crippen molar-refractivity contribution in [2.75, 3.05) is 4.90 Å². The third kappa shape index (κ3) is 6.48. The van der Waals surface area contributed by atoms with Gasteiger partial charge in [-0.05, 0) is 72.0 Å². The molecule has 3 unspecified atom stereocenters. The van der Waals surface area contributed by atoms with E-state index in [1.54, 1.807) is 47.4 Å². The second kappa shape index (κ2) is 13.7. The first-order chi connectivity index (χ1) is 23.0. The number of carboxylic acids is 1. The smallest absolute Gasteiger partial charge is 0.335 e. The first-order valence-corrected chi connectivity index (χ1v) is 15.4. The number of halogens is 1. The van der Waals surface area contributed by atoms with Crippen molar-refractivity contribution in [3.05, 3.63) is 114 Å². The molecule has 2 saturated heterocycles. The van der Waals surface area contributed by atoms with Gasteiger partial charge in [0.2, 0.25) is 12.2 Å². The fourth-order valence-corrected chi connectivity index (χ4v) is 6.26. The van der Waals surface area contributed by atoms with Crippen molar-refractivity contribution < 1.29 is 54.1 Å². The highest BCUT2D eigenvalue weighted by atomic mass is 19.1. The van der Waals surface area contributed by atoms with E-state index in [0.717, 1.165) is 0 Å². The number of phenolic OH excluding ortho intramolecular Hbond substituents is 1. The number of aromatic hydroxyl groups is 1. The van der Waals surface area contributed by atoms with Crippen LogP contribution in [0.3, 0.4) is 0 Å². The Bertz CT molecular complexity index is 1770. The number of anilines is 1. The first-order valence-electron chi connectivity index (χ1n) is 15.4. The van der Waals surface area contributed by atoms with Crippen molar-refractivity contribution in [2.45, 2.75) is 55.7 Å². The van der Waals surface area contributed by atoms with Crippen LogP contribution in [0.2, 0.25) is 0 Å². The van der Waals surface area contributed by atoms with E-state index in [2.05, 4.69) is 0 Å². The number of carboxylic acid groups (broad SMARTS) is 1. The molecule has 0 aromatic heterocycles. The molecule has 0 aliphatic carbocycles. The fourth-order valence-electron chi connectivity index (χ4n) is 6.26. The van der Waals surface area contributed by atoms with E-state index < -0.39 is 60.6 Å². The van der Waals surface area contributed by atoms with Gasteiger partial charge < -0.3 is 45.0 Å². The second-order valence-electron chi connectivity index (χ2n) is 11.9. The second-order valence-corrected chi connectivity index (χ2v) is 11.9. The minimum atomic E-state index is -1.85. The summed E-state index contributed by atoms with van der Waals surface area (Å²) in [7, 11) is 0. The molecule has 6 rings (SSSR count). The predicted octanol–water partition coefficient (Wildman–Crippen LogP) is 3.69. The number of aliphatic hydroxyl groups is 4. The number of phenols is 1. The van der Waals surface area contributed by atoms with Crippen LogP contribution in [0.1, 0.15) is 36.1 Å². The van der Waals surface area contributed by atoms with Crippen molar-refractivity contribution in [3.63, 3.8) is 0 Å². The van der Waals surface area contributed by atoms with E-state index >= 15 is 0 Å². The van der Waals surface area contributed by atoms with E-state index in [-0.39, 0.29) is 23.8 Å².